The first-order chi connectivity index (χ1) is 16.3. The molecule has 6 nitrogen and oxygen atoms in total. The fourth-order valence-electron chi connectivity index (χ4n) is 3.34. The average Bonchev–Trinajstić information content (AvgIpc) is 3.25. The van der Waals surface area contributed by atoms with E-state index in [0.717, 1.165) is 12.1 Å². The van der Waals surface area contributed by atoms with Crippen LogP contribution in [0.4, 0.5) is 18.9 Å². The van der Waals surface area contributed by atoms with Crippen LogP contribution in [-0.4, -0.2) is 28.3 Å². The van der Waals surface area contributed by atoms with Gasteiger partial charge in [0.2, 0.25) is 0 Å². The third-order valence-corrected chi connectivity index (χ3v) is 4.79. The maximum absolute atomic E-state index is 13.9. The molecule has 0 atom stereocenters. The van der Waals surface area contributed by atoms with Gasteiger partial charge in [-0.25, -0.2) is 22.6 Å². The van der Waals surface area contributed by atoms with Crippen LogP contribution in [0.5, 0.6) is 0 Å². The summed E-state index contributed by atoms with van der Waals surface area (Å²) in [4.78, 5) is 24.8. The molecule has 1 aromatic heterocycles. The van der Waals surface area contributed by atoms with E-state index in [1.165, 1.54) is 28.9 Å². The monoisotopic (exact) mass is 465 g/mol. The molecule has 4 aromatic rings. The van der Waals surface area contributed by atoms with Crippen LogP contribution in [0.1, 0.15) is 27.8 Å². The molecule has 0 aliphatic rings. The summed E-state index contributed by atoms with van der Waals surface area (Å²) in [5.41, 5.74) is 1.51. The Labute approximate surface area is 192 Å². The van der Waals surface area contributed by atoms with Crippen LogP contribution in [0.25, 0.3) is 16.9 Å². The lowest BCUT2D eigenvalue weighted by Crippen LogP contribution is -2.12. The number of hydrogen-bond donors (Lipinski definition) is 1. The van der Waals surface area contributed by atoms with Gasteiger partial charge < -0.3 is 10.1 Å². The highest BCUT2D eigenvalue weighted by molar-refractivity contribution is 6.04. The Balaban J connectivity index is 1.72. The molecule has 0 spiro atoms. The van der Waals surface area contributed by atoms with Gasteiger partial charge in [0.05, 0.1) is 18.0 Å². The second-order valence-electron chi connectivity index (χ2n) is 7.22. The summed E-state index contributed by atoms with van der Waals surface area (Å²) in [5.74, 6) is -3.58. The summed E-state index contributed by atoms with van der Waals surface area (Å²) in [5, 5.41) is 6.87. The van der Waals surface area contributed by atoms with Crippen LogP contribution in [0.2, 0.25) is 0 Å². The van der Waals surface area contributed by atoms with E-state index in [1.807, 2.05) is 0 Å². The molecule has 0 saturated carbocycles. The van der Waals surface area contributed by atoms with Gasteiger partial charge in [0.1, 0.15) is 17.5 Å². The van der Waals surface area contributed by atoms with Crippen molar-refractivity contribution >= 4 is 17.6 Å². The molecule has 0 unspecified atom stereocenters. The maximum Gasteiger partial charge on any atom is 0.358 e. The zero-order chi connectivity index (χ0) is 24.2. The largest absolute Gasteiger partial charge is 0.461 e. The number of hydrogen-bond acceptors (Lipinski definition) is 4. The molecule has 0 fully saturated rings. The number of rotatable bonds is 6. The molecule has 9 heteroatoms. The highest BCUT2D eigenvalue weighted by Crippen LogP contribution is 2.27. The van der Waals surface area contributed by atoms with Gasteiger partial charge in [-0.2, -0.15) is 5.10 Å². The van der Waals surface area contributed by atoms with E-state index >= 15 is 0 Å². The zero-order valence-corrected chi connectivity index (χ0v) is 17.9. The Kier molecular flexibility index (Phi) is 6.44. The Morgan fingerprint density at radius 1 is 0.912 bits per heavy atom. The first-order valence-electron chi connectivity index (χ1n) is 10.2. The van der Waals surface area contributed by atoms with Crippen molar-refractivity contribution in [2.75, 3.05) is 11.9 Å². The average molecular weight is 465 g/mol. The smallest absolute Gasteiger partial charge is 0.358 e. The van der Waals surface area contributed by atoms with E-state index in [4.69, 9.17) is 4.74 Å². The van der Waals surface area contributed by atoms with Gasteiger partial charge in [-0.15, -0.1) is 0 Å². The Morgan fingerprint density at radius 3 is 2.35 bits per heavy atom. The number of ether oxygens (including phenoxy) is 1. The second-order valence-corrected chi connectivity index (χ2v) is 7.22. The molecule has 0 bridgehead atoms. The Hall–Kier alpha value is -4.40. The molecule has 1 amide bonds. The molecule has 1 N–H and O–H groups in total. The third-order valence-electron chi connectivity index (χ3n) is 4.79. The minimum atomic E-state index is -0.871. The molecule has 172 valence electrons. The number of carbonyl (C=O) groups is 2. The Morgan fingerprint density at radius 2 is 1.65 bits per heavy atom. The lowest BCUT2D eigenvalue weighted by molar-refractivity contribution is 0.0519. The summed E-state index contributed by atoms with van der Waals surface area (Å²) in [6.07, 6.45) is 0. The number of nitrogens with one attached hydrogen (secondary N) is 1. The van der Waals surface area contributed by atoms with Crippen molar-refractivity contribution in [3.63, 3.8) is 0 Å². The first kappa shape index (κ1) is 22.8. The molecule has 34 heavy (non-hydrogen) atoms. The molecule has 0 aliphatic carbocycles. The van der Waals surface area contributed by atoms with Crippen molar-refractivity contribution < 1.29 is 27.5 Å². The third kappa shape index (κ3) is 4.98. The number of amides is 1. The number of aromatic nitrogens is 2. The number of carbonyl (C=O) groups excluding carboxylic acids is 2. The molecule has 0 radical (unpaired) electrons. The van der Waals surface area contributed by atoms with Crippen LogP contribution in [0.15, 0.2) is 72.8 Å². The molecule has 3 aromatic carbocycles. The number of anilines is 1. The maximum atomic E-state index is 13.9. The Bertz CT molecular complexity index is 1360. The molecule has 4 rings (SSSR count). The van der Waals surface area contributed by atoms with Gasteiger partial charge in [0.15, 0.2) is 5.69 Å². The van der Waals surface area contributed by atoms with E-state index in [2.05, 4.69) is 10.4 Å². The molecular formula is C25H18F3N3O3. The molecule has 0 aliphatic heterocycles. The van der Waals surface area contributed by atoms with Gasteiger partial charge in [-0.3, -0.25) is 4.79 Å². The number of halogens is 3. The van der Waals surface area contributed by atoms with Crippen LogP contribution in [0.3, 0.4) is 0 Å². The lowest BCUT2D eigenvalue weighted by Gasteiger charge is -2.10. The normalized spacial score (nSPS) is 10.7. The SMILES string of the molecule is CCOC(=O)c1cc(-c2cccc(NC(=O)c3cc(F)cc(F)c3)c2)n(-c2cccc(F)c2)n1. The van der Waals surface area contributed by atoms with Crippen molar-refractivity contribution in [3.05, 3.63) is 102 Å². The van der Waals surface area contributed by atoms with Crippen molar-refractivity contribution in [1.82, 2.24) is 9.78 Å². The molecule has 1 heterocycles. The fourth-order valence-corrected chi connectivity index (χ4v) is 3.34. The number of benzene rings is 3. The quantitative estimate of drug-likeness (QED) is 0.388. The minimum Gasteiger partial charge on any atom is -0.461 e. The van der Waals surface area contributed by atoms with Crippen molar-refractivity contribution in [3.8, 4) is 16.9 Å². The predicted molar refractivity (Wildman–Crippen MR) is 119 cm³/mol. The van der Waals surface area contributed by atoms with E-state index in [-0.39, 0.29) is 17.9 Å². The van der Waals surface area contributed by atoms with Gasteiger partial charge in [-0.05, 0) is 55.5 Å². The highest BCUT2D eigenvalue weighted by atomic mass is 19.1. The van der Waals surface area contributed by atoms with Crippen molar-refractivity contribution in [2.45, 2.75) is 6.92 Å². The fraction of sp³-hybridized carbons (Fsp3) is 0.0800. The van der Waals surface area contributed by atoms with E-state index in [9.17, 15) is 22.8 Å². The summed E-state index contributed by atoms with van der Waals surface area (Å²) in [6.45, 7) is 1.82. The van der Waals surface area contributed by atoms with Crippen LogP contribution in [0, 0.1) is 17.5 Å². The van der Waals surface area contributed by atoms with Gasteiger partial charge in [0.25, 0.3) is 5.91 Å². The van der Waals surface area contributed by atoms with Crippen molar-refractivity contribution in [1.29, 1.82) is 0 Å². The van der Waals surface area contributed by atoms with E-state index < -0.39 is 29.3 Å². The van der Waals surface area contributed by atoms with Gasteiger partial charge in [0, 0.05) is 22.9 Å². The van der Waals surface area contributed by atoms with Crippen LogP contribution in [-0.2, 0) is 4.74 Å². The van der Waals surface area contributed by atoms with Crippen LogP contribution >= 0.6 is 0 Å². The van der Waals surface area contributed by atoms with Gasteiger partial charge >= 0.3 is 5.97 Å². The molecule has 0 saturated heterocycles. The van der Waals surface area contributed by atoms with Crippen molar-refractivity contribution in [2.24, 2.45) is 0 Å². The summed E-state index contributed by atoms with van der Waals surface area (Å²) in [6, 6.07) is 16.2. The zero-order valence-electron chi connectivity index (χ0n) is 17.9. The highest BCUT2D eigenvalue weighted by Gasteiger charge is 2.19. The first-order valence-corrected chi connectivity index (χ1v) is 10.2. The minimum absolute atomic E-state index is 0.0192. The standard InChI is InChI=1S/C25H18F3N3O3/c1-2-34-25(33)22-14-23(31(30-22)21-8-4-6-17(26)13-21)15-5-3-7-20(11-15)29-24(32)16-9-18(27)12-19(28)10-16/h3-14H,2H2,1H3,(H,29,32). The van der Waals surface area contributed by atoms with Crippen LogP contribution < -0.4 is 5.32 Å². The molecular weight excluding hydrogens is 447 g/mol. The van der Waals surface area contributed by atoms with E-state index in [0.29, 0.717) is 28.7 Å². The number of nitrogens with zero attached hydrogens (tertiary/aromatic N) is 2. The van der Waals surface area contributed by atoms with Gasteiger partial charge in [-0.1, -0.05) is 18.2 Å². The topological polar surface area (TPSA) is 73.2 Å². The van der Waals surface area contributed by atoms with E-state index in [1.54, 1.807) is 37.3 Å². The predicted octanol–water partition coefficient (Wildman–Crippen LogP) is 5.39. The lowest BCUT2D eigenvalue weighted by atomic mass is 10.1. The number of esters is 1. The summed E-state index contributed by atoms with van der Waals surface area (Å²) < 4.78 is 47.2. The summed E-state index contributed by atoms with van der Waals surface area (Å²) >= 11 is 0. The second kappa shape index (κ2) is 9.62. The summed E-state index contributed by atoms with van der Waals surface area (Å²) in [7, 11) is 0.